The first-order valence-electron chi connectivity index (χ1n) is 7.39. The van der Waals surface area contributed by atoms with E-state index in [-0.39, 0.29) is 11.2 Å². The summed E-state index contributed by atoms with van der Waals surface area (Å²) in [6, 6.07) is 0.455. The molecule has 0 radical (unpaired) electrons. The summed E-state index contributed by atoms with van der Waals surface area (Å²) in [5, 5.41) is 3.29. The fraction of sp³-hybridized carbons (Fsp3) is 1.00. The van der Waals surface area contributed by atoms with E-state index in [4.69, 9.17) is 0 Å². The van der Waals surface area contributed by atoms with Gasteiger partial charge in [-0.1, -0.05) is 27.7 Å². The highest BCUT2D eigenvalue weighted by Gasteiger charge is 2.21. The molecule has 6 heteroatoms. The predicted octanol–water partition coefficient (Wildman–Crippen LogP) is 1.27. The number of hydrogen-bond donors (Lipinski definition) is 2. The van der Waals surface area contributed by atoms with Crippen LogP contribution in [0.15, 0.2) is 0 Å². The van der Waals surface area contributed by atoms with Crippen molar-refractivity contribution in [1.82, 2.24) is 14.9 Å². The van der Waals surface area contributed by atoms with Crippen LogP contribution in [0.2, 0.25) is 0 Å². The minimum Gasteiger partial charge on any atom is -0.315 e. The van der Waals surface area contributed by atoms with Gasteiger partial charge in [0.1, 0.15) is 0 Å². The first-order valence-corrected chi connectivity index (χ1v) is 9.05. The molecule has 20 heavy (non-hydrogen) atoms. The van der Waals surface area contributed by atoms with Crippen molar-refractivity contribution in [2.45, 2.75) is 46.6 Å². The zero-order valence-corrected chi connectivity index (χ0v) is 14.8. The number of rotatable bonds is 11. The second kappa shape index (κ2) is 8.97. The van der Waals surface area contributed by atoms with Crippen molar-refractivity contribution in [1.29, 1.82) is 0 Å². The van der Waals surface area contributed by atoms with E-state index >= 15 is 0 Å². The molecule has 0 fully saturated rings. The van der Waals surface area contributed by atoms with E-state index in [9.17, 15) is 8.42 Å². The van der Waals surface area contributed by atoms with E-state index in [1.807, 2.05) is 14.1 Å². The number of hydrogen-bond acceptors (Lipinski definition) is 4. The summed E-state index contributed by atoms with van der Waals surface area (Å²) in [4.78, 5) is 2.08. The van der Waals surface area contributed by atoms with Gasteiger partial charge in [0.25, 0.3) is 0 Å². The lowest BCUT2D eigenvalue weighted by molar-refractivity contribution is 0.242. The van der Waals surface area contributed by atoms with Gasteiger partial charge in [-0.15, -0.1) is 0 Å². The third-order valence-electron chi connectivity index (χ3n) is 2.91. The van der Waals surface area contributed by atoms with Crippen LogP contribution < -0.4 is 10.0 Å². The number of sulfonamides is 1. The lowest BCUT2D eigenvalue weighted by atomic mass is 9.93. The molecule has 0 aliphatic heterocycles. The molecule has 0 bridgehead atoms. The second-order valence-corrected chi connectivity index (χ2v) is 8.78. The number of unbranched alkanes of at least 4 members (excludes halogenated alkanes) is 1. The first kappa shape index (κ1) is 19.8. The van der Waals surface area contributed by atoms with Crippen LogP contribution in [0, 0.1) is 5.41 Å². The molecule has 0 heterocycles. The molecule has 0 aromatic rings. The SMILES string of the molecule is CC(C)NCCCCS(=O)(=O)NCC(C)(C)CN(C)C. The maximum absolute atomic E-state index is 11.9. The standard InChI is InChI=1S/C14H33N3O2S/c1-13(2)15-9-7-8-10-20(18,19)16-11-14(3,4)12-17(5)6/h13,15-16H,7-12H2,1-6H3. The molecular weight excluding hydrogens is 274 g/mol. The third kappa shape index (κ3) is 11.6. The summed E-state index contributed by atoms with van der Waals surface area (Å²) in [7, 11) is 0.848. The zero-order valence-electron chi connectivity index (χ0n) is 14.0. The average molecular weight is 308 g/mol. The molecule has 0 rings (SSSR count). The molecule has 0 aliphatic carbocycles. The van der Waals surface area contributed by atoms with Crippen LogP contribution in [0.1, 0.15) is 40.5 Å². The smallest absolute Gasteiger partial charge is 0.211 e. The lowest BCUT2D eigenvalue weighted by Gasteiger charge is -2.28. The molecule has 2 N–H and O–H groups in total. The minimum absolute atomic E-state index is 0.0598. The van der Waals surface area contributed by atoms with Gasteiger partial charge in [0.15, 0.2) is 0 Å². The normalized spacial score (nSPS) is 13.4. The average Bonchev–Trinajstić information content (AvgIpc) is 2.24. The van der Waals surface area contributed by atoms with E-state index in [0.29, 0.717) is 19.0 Å². The predicted molar refractivity (Wildman–Crippen MR) is 86.5 cm³/mol. The van der Waals surface area contributed by atoms with Crippen LogP contribution in [-0.2, 0) is 10.0 Å². The topological polar surface area (TPSA) is 61.4 Å². The molecular formula is C14H33N3O2S. The fourth-order valence-corrected chi connectivity index (χ4v) is 3.44. The Morgan fingerprint density at radius 2 is 1.75 bits per heavy atom. The van der Waals surface area contributed by atoms with Gasteiger partial charge in [-0.2, -0.15) is 0 Å². The first-order chi connectivity index (χ1) is 9.04. The fourth-order valence-electron chi connectivity index (χ4n) is 2.10. The van der Waals surface area contributed by atoms with Crippen LogP contribution in [0.5, 0.6) is 0 Å². The van der Waals surface area contributed by atoms with Crippen molar-refractivity contribution >= 4 is 10.0 Å². The molecule has 0 atom stereocenters. The highest BCUT2D eigenvalue weighted by molar-refractivity contribution is 7.89. The van der Waals surface area contributed by atoms with Gasteiger partial charge in [0, 0.05) is 19.1 Å². The summed E-state index contributed by atoms with van der Waals surface area (Å²) in [5.74, 6) is 0.213. The van der Waals surface area contributed by atoms with E-state index in [1.54, 1.807) is 0 Å². The highest BCUT2D eigenvalue weighted by Crippen LogP contribution is 2.14. The van der Waals surface area contributed by atoms with Crippen LogP contribution in [-0.4, -0.2) is 58.8 Å². The minimum atomic E-state index is -3.15. The van der Waals surface area contributed by atoms with Crippen LogP contribution in [0.4, 0.5) is 0 Å². The second-order valence-electron chi connectivity index (χ2n) is 6.86. The van der Waals surface area contributed by atoms with Crippen LogP contribution >= 0.6 is 0 Å². The molecule has 0 unspecified atom stereocenters. The lowest BCUT2D eigenvalue weighted by Crippen LogP contribution is -2.40. The Bertz CT molecular complexity index is 351. The van der Waals surface area contributed by atoms with Gasteiger partial charge in [-0.3, -0.25) is 0 Å². The Labute approximate surface area is 125 Å². The number of nitrogens with one attached hydrogen (secondary N) is 2. The van der Waals surface area contributed by atoms with Crippen LogP contribution in [0.25, 0.3) is 0 Å². The Morgan fingerprint density at radius 1 is 1.15 bits per heavy atom. The van der Waals surface area contributed by atoms with Gasteiger partial charge >= 0.3 is 0 Å². The van der Waals surface area contributed by atoms with Crippen molar-refractivity contribution in [2.24, 2.45) is 5.41 Å². The van der Waals surface area contributed by atoms with Crippen molar-refractivity contribution in [3.8, 4) is 0 Å². The van der Waals surface area contributed by atoms with E-state index in [1.165, 1.54) is 0 Å². The maximum atomic E-state index is 11.9. The number of nitrogens with zero attached hydrogens (tertiary/aromatic N) is 1. The highest BCUT2D eigenvalue weighted by atomic mass is 32.2. The van der Waals surface area contributed by atoms with Crippen LogP contribution in [0.3, 0.4) is 0 Å². The van der Waals surface area contributed by atoms with E-state index in [2.05, 4.69) is 42.6 Å². The molecule has 0 aromatic heterocycles. The molecule has 0 saturated carbocycles. The zero-order chi connectivity index (χ0) is 15.8. The molecule has 5 nitrogen and oxygen atoms in total. The van der Waals surface area contributed by atoms with E-state index < -0.39 is 10.0 Å². The van der Waals surface area contributed by atoms with Crippen molar-refractivity contribution in [3.05, 3.63) is 0 Å². The molecule has 0 saturated heterocycles. The summed E-state index contributed by atoms with van der Waals surface area (Å²) < 4.78 is 26.6. The van der Waals surface area contributed by atoms with Gasteiger partial charge in [0.2, 0.25) is 10.0 Å². The van der Waals surface area contributed by atoms with Gasteiger partial charge in [-0.05, 0) is 38.9 Å². The quantitative estimate of drug-likeness (QED) is 0.564. The molecule has 0 aromatic carbocycles. The monoisotopic (exact) mass is 307 g/mol. The molecule has 122 valence electrons. The molecule has 0 amide bonds. The van der Waals surface area contributed by atoms with E-state index in [0.717, 1.165) is 19.5 Å². The van der Waals surface area contributed by atoms with Crippen molar-refractivity contribution in [2.75, 3.05) is 39.5 Å². The maximum Gasteiger partial charge on any atom is 0.211 e. The summed E-state index contributed by atoms with van der Waals surface area (Å²) >= 11 is 0. The Balaban J connectivity index is 3.96. The third-order valence-corrected chi connectivity index (χ3v) is 4.32. The summed E-state index contributed by atoms with van der Waals surface area (Å²) in [5.41, 5.74) is -0.0598. The van der Waals surface area contributed by atoms with Gasteiger partial charge in [-0.25, -0.2) is 13.1 Å². The summed E-state index contributed by atoms with van der Waals surface area (Å²) in [6.45, 7) is 10.5. The molecule has 0 aliphatic rings. The van der Waals surface area contributed by atoms with Crippen molar-refractivity contribution in [3.63, 3.8) is 0 Å². The van der Waals surface area contributed by atoms with Gasteiger partial charge < -0.3 is 10.2 Å². The van der Waals surface area contributed by atoms with Gasteiger partial charge in [0.05, 0.1) is 5.75 Å². The Kier molecular flexibility index (Phi) is 8.90. The Morgan fingerprint density at radius 3 is 2.25 bits per heavy atom. The van der Waals surface area contributed by atoms with Crippen molar-refractivity contribution < 1.29 is 8.42 Å². The summed E-state index contributed by atoms with van der Waals surface area (Å²) in [6.07, 6.45) is 1.59. The largest absolute Gasteiger partial charge is 0.315 e. The Hall–Kier alpha value is -0.170. The molecule has 0 spiro atoms.